The zero-order valence-corrected chi connectivity index (χ0v) is 18.7. The molecule has 1 fully saturated rings. The number of fused-ring (bicyclic) bond motifs is 3. The molecule has 1 aromatic heterocycles. The Morgan fingerprint density at radius 1 is 1.12 bits per heavy atom. The van der Waals surface area contributed by atoms with Crippen LogP contribution in [0.2, 0.25) is 0 Å². The lowest BCUT2D eigenvalue weighted by atomic mass is 10.0. The van der Waals surface area contributed by atoms with E-state index in [1.807, 2.05) is 4.90 Å². The number of aromatic amines is 1. The number of nitrogens with one attached hydrogen (secondary N) is 3. The third-order valence-electron chi connectivity index (χ3n) is 6.64. The number of pyridine rings is 1. The molecule has 7 nitrogen and oxygen atoms in total. The Kier molecular flexibility index (Phi) is 5.76. The fourth-order valence-corrected chi connectivity index (χ4v) is 4.86. The lowest BCUT2D eigenvalue weighted by Gasteiger charge is -2.36. The molecule has 2 aliphatic heterocycles. The monoisotopic (exact) mass is 449 g/mol. The number of aromatic nitrogens is 1. The first-order chi connectivity index (χ1) is 16.0. The summed E-state index contributed by atoms with van der Waals surface area (Å²) < 4.78 is 14.6. The average Bonchev–Trinajstić information content (AvgIpc) is 2.84. The van der Waals surface area contributed by atoms with Crippen LogP contribution in [0.5, 0.6) is 0 Å². The molecule has 0 aliphatic carbocycles. The van der Waals surface area contributed by atoms with Crippen molar-refractivity contribution in [2.24, 2.45) is 0 Å². The van der Waals surface area contributed by atoms with Gasteiger partial charge >= 0.3 is 0 Å². The second-order valence-corrected chi connectivity index (χ2v) is 8.73. The van der Waals surface area contributed by atoms with Crippen molar-refractivity contribution in [3.05, 3.63) is 69.3 Å². The number of hydrogen-bond acceptors (Lipinski definition) is 5. The number of nitrogens with zero attached hydrogens (tertiary/aromatic N) is 2. The van der Waals surface area contributed by atoms with E-state index in [0.717, 1.165) is 66.7 Å². The molecule has 33 heavy (non-hydrogen) atoms. The van der Waals surface area contributed by atoms with Gasteiger partial charge in [0.1, 0.15) is 5.82 Å². The quantitative estimate of drug-likeness (QED) is 0.571. The van der Waals surface area contributed by atoms with Crippen LogP contribution in [0.4, 0.5) is 15.8 Å². The molecule has 8 heteroatoms. The van der Waals surface area contributed by atoms with Gasteiger partial charge in [0.2, 0.25) is 0 Å². The van der Waals surface area contributed by atoms with Crippen molar-refractivity contribution in [2.45, 2.75) is 19.4 Å². The number of amides is 1. The van der Waals surface area contributed by atoms with E-state index >= 15 is 0 Å². The number of carbonyl (C=O) groups excluding carboxylic acids is 1. The Labute approximate surface area is 191 Å². The van der Waals surface area contributed by atoms with E-state index in [1.165, 1.54) is 13.1 Å². The molecule has 3 N–H and O–H groups in total. The minimum Gasteiger partial charge on any atom is -0.384 e. The van der Waals surface area contributed by atoms with Gasteiger partial charge in [-0.05, 0) is 42.7 Å². The minimum atomic E-state index is -0.375. The predicted octanol–water partition coefficient (Wildman–Crippen LogP) is 2.71. The highest BCUT2D eigenvalue weighted by Gasteiger charge is 2.21. The molecule has 172 valence electrons. The number of H-pyrrole nitrogens is 1. The van der Waals surface area contributed by atoms with Crippen LogP contribution in [-0.4, -0.2) is 55.6 Å². The zero-order valence-electron chi connectivity index (χ0n) is 18.7. The van der Waals surface area contributed by atoms with Gasteiger partial charge in [-0.25, -0.2) is 4.39 Å². The number of benzene rings is 2. The van der Waals surface area contributed by atoms with E-state index in [4.69, 9.17) is 0 Å². The molecule has 0 bridgehead atoms. The highest BCUT2D eigenvalue weighted by atomic mass is 19.1. The highest BCUT2D eigenvalue weighted by Crippen LogP contribution is 2.28. The van der Waals surface area contributed by atoms with Crippen LogP contribution >= 0.6 is 0 Å². The molecule has 3 aromatic rings. The Morgan fingerprint density at radius 2 is 1.94 bits per heavy atom. The van der Waals surface area contributed by atoms with Crippen molar-refractivity contribution < 1.29 is 9.18 Å². The number of hydrogen-bond donors (Lipinski definition) is 3. The van der Waals surface area contributed by atoms with Crippen molar-refractivity contribution in [1.29, 1.82) is 0 Å². The SMILES string of the molecule is CNC(=O)c1ccc(N2CCN(Cc3ccc4c5c(c(=O)[nH]c4c3)CCCN5)CC2)c(F)c1. The van der Waals surface area contributed by atoms with Crippen LogP contribution in [0.3, 0.4) is 0 Å². The fraction of sp³-hybridized carbons (Fsp3) is 0.360. The van der Waals surface area contributed by atoms with E-state index in [1.54, 1.807) is 12.1 Å². The molecule has 1 amide bonds. The molecule has 0 radical (unpaired) electrons. The Morgan fingerprint density at radius 3 is 2.70 bits per heavy atom. The summed E-state index contributed by atoms with van der Waals surface area (Å²) >= 11 is 0. The van der Waals surface area contributed by atoms with E-state index in [-0.39, 0.29) is 17.3 Å². The number of halogens is 1. The lowest BCUT2D eigenvalue weighted by Crippen LogP contribution is -2.46. The predicted molar refractivity (Wildman–Crippen MR) is 129 cm³/mol. The van der Waals surface area contributed by atoms with E-state index < -0.39 is 0 Å². The van der Waals surface area contributed by atoms with Gasteiger partial charge in [0.15, 0.2) is 0 Å². The smallest absolute Gasteiger partial charge is 0.253 e. The molecule has 0 spiro atoms. The van der Waals surface area contributed by atoms with Crippen LogP contribution < -0.4 is 21.1 Å². The maximum Gasteiger partial charge on any atom is 0.253 e. The summed E-state index contributed by atoms with van der Waals surface area (Å²) in [5.41, 5.74) is 4.69. The Hall–Kier alpha value is -3.39. The van der Waals surface area contributed by atoms with Gasteiger partial charge in [-0.15, -0.1) is 0 Å². The lowest BCUT2D eigenvalue weighted by molar-refractivity contribution is 0.0962. The van der Waals surface area contributed by atoms with Gasteiger partial charge in [-0.1, -0.05) is 12.1 Å². The van der Waals surface area contributed by atoms with Gasteiger partial charge in [0.05, 0.1) is 16.9 Å². The van der Waals surface area contributed by atoms with Crippen molar-refractivity contribution in [2.75, 3.05) is 50.0 Å². The summed E-state index contributed by atoms with van der Waals surface area (Å²) in [5, 5.41) is 6.98. The summed E-state index contributed by atoms with van der Waals surface area (Å²) in [6.45, 7) is 4.69. The number of anilines is 2. The maximum absolute atomic E-state index is 14.6. The van der Waals surface area contributed by atoms with Gasteiger partial charge < -0.3 is 20.5 Å². The Bertz CT molecular complexity index is 1260. The molecular formula is C25H28FN5O2. The van der Waals surface area contributed by atoms with Crippen LogP contribution in [0.15, 0.2) is 41.2 Å². The van der Waals surface area contributed by atoms with Crippen molar-refractivity contribution in [1.82, 2.24) is 15.2 Å². The topological polar surface area (TPSA) is 80.5 Å². The highest BCUT2D eigenvalue weighted by molar-refractivity contribution is 5.94. The molecule has 2 aliphatic rings. The second-order valence-electron chi connectivity index (χ2n) is 8.73. The van der Waals surface area contributed by atoms with E-state index in [9.17, 15) is 14.0 Å². The third kappa shape index (κ3) is 4.18. The minimum absolute atomic E-state index is 0.0000671. The van der Waals surface area contributed by atoms with Crippen molar-refractivity contribution >= 4 is 28.2 Å². The van der Waals surface area contributed by atoms with Gasteiger partial charge in [-0.2, -0.15) is 0 Å². The van der Waals surface area contributed by atoms with E-state index in [0.29, 0.717) is 24.3 Å². The molecule has 0 saturated carbocycles. The molecule has 0 unspecified atom stereocenters. The summed E-state index contributed by atoms with van der Waals surface area (Å²) in [4.78, 5) is 31.6. The number of carbonyl (C=O) groups is 1. The second kappa shape index (κ2) is 8.86. The summed E-state index contributed by atoms with van der Waals surface area (Å²) in [6, 6.07) is 10.9. The first-order valence-electron chi connectivity index (χ1n) is 11.4. The van der Waals surface area contributed by atoms with Crippen LogP contribution in [-0.2, 0) is 13.0 Å². The van der Waals surface area contributed by atoms with Gasteiger partial charge in [-0.3, -0.25) is 14.5 Å². The third-order valence-corrected chi connectivity index (χ3v) is 6.64. The normalized spacial score (nSPS) is 16.4. The Balaban J connectivity index is 1.27. The van der Waals surface area contributed by atoms with Crippen LogP contribution in [0.1, 0.15) is 27.9 Å². The molecule has 3 heterocycles. The number of piperazine rings is 1. The first-order valence-corrected chi connectivity index (χ1v) is 11.4. The summed E-state index contributed by atoms with van der Waals surface area (Å²) in [6.07, 6.45) is 1.79. The van der Waals surface area contributed by atoms with Crippen molar-refractivity contribution in [3.8, 4) is 0 Å². The maximum atomic E-state index is 14.6. The molecule has 0 atom stereocenters. The molecule has 2 aromatic carbocycles. The van der Waals surface area contributed by atoms with Gasteiger partial charge in [0, 0.05) is 62.8 Å². The summed E-state index contributed by atoms with van der Waals surface area (Å²) in [5.74, 6) is -0.668. The standard InChI is InChI=1S/C25H28FN5O2/c1-27-24(32)17-5-7-22(20(26)14-17)31-11-9-30(10-12-31)15-16-4-6-18-21(13-16)29-25(33)19-3-2-8-28-23(18)19/h4-7,13-14,28H,2-3,8-12,15H2,1H3,(H,27,32)(H,29,33). The molecule has 5 rings (SSSR count). The number of rotatable bonds is 4. The first kappa shape index (κ1) is 21.5. The summed E-state index contributed by atoms with van der Waals surface area (Å²) in [7, 11) is 1.53. The molecular weight excluding hydrogens is 421 g/mol. The fourth-order valence-electron chi connectivity index (χ4n) is 4.86. The van der Waals surface area contributed by atoms with Gasteiger partial charge in [0.25, 0.3) is 11.5 Å². The van der Waals surface area contributed by atoms with E-state index in [2.05, 4.69) is 38.7 Å². The van der Waals surface area contributed by atoms with Crippen LogP contribution in [0.25, 0.3) is 10.9 Å². The largest absolute Gasteiger partial charge is 0.384 e. The zero-order chi connectivity index (χ0) is 22.9. The van der Waals surface area contributed by atoms with Crippen LogP contribution in [0, 0.1) is 5.82 Å². The average molecular weight is 450 g/mol. The molecule has 1 saturated heterocycles. The van der Waals surface area contributed by atoms with Crippen molar-refractivity contribution in [3.63, 3.8) is 0 Å².